The minimum absolute atomic E-state index is 0.133. The van der Waals surface area contributed by atoms with Gasteiger partial charge in [-0.25, -0.2) is 0 Å². The van der Waals surface area contributed by atoms with Crippen molar-refractivity contribution in [1.82, 2.24) is 0 Å². The van der Waals surface area contributed by atoms with Gasteiger partial charge in [-0.05, 0) is 22.7 Å². The molecule has 2 atom stereocenters. The predicted octanol–water partition coefficient (Wildman–Crippen LogP) is 3.75. The molecule has 6 nitrogen and oxygen atoms in total. The van der Waals surface area contributed by atoms with Crippen LogP contribution in [0.4, 0.5) is 0 Å². The van der Waals surface area contributed by atoms with Crippen LogP contribution in [0.3, 0.4) is 0 Å². The number of hydrogen-bond donors (Lipinski definition) is 5. The van der Waals surface area contributed by atoms with E-state index >= 15 is 0 Å². The van der Waals surface area contributed by atoms with Crippen molar-refractivity contribution < 1.29 is 30.3 Å². The van der Waals surface area contributed by atoms with Crippen molar-refractivity contribution in [2.45, 2.75) is 56.7 Å². The van der Waals surface area contributed by atoms with E-state index in [0.29, 0.717) is 16.9 Å². The van der Waals surface area contributed by atoms with Crippen LogP contribution in [0, 0.1) is 0 Å². The number of phenols is 4. The van der Waals surface area contributed by atoms with Crippen molar-refractivity contribution in [3.05, 3.63) is 41.5 Å². The molecular weight excluding hydrogens is 376 g/mol. The number of aromatic hydroxyl groups is 4. The molecule has 7 heteroatoms. The van der Waals surface area contributed by atoms with E-state index in [1.54, 1.807) is 6.07 Å². The summed E-state index contributed by atoms with van der Waals surface area (Å²) in [6.07, 6.45) is -0.865. The van der Waals surface area contributed by atoms with Crippen LogP contribution in [0.5, 0.6) is 28.7 Å². The van der Waals surface area contributed by atoms with Gasteiger partial charge in [-0.3, -0.25) is 0 Å². The highest BCUT2D eigenvalue weighted by molar-refractivity contribution is 6.82. The van der Waals surface area contributed by atoms with Crippen molar-refractivity contribution in [3.8, 4) is 28.7 Å². The maximum Gasteiger partial charge on any atom is 0.157 e. The zero-order valence-electron chi connectivity index (χ0n) is 16.8. The summed E-state index contributed by atoms with van der Waals surface area (Å²) in [6, 6.07) is 7.11. The van der Waals surface area contributed by atoms with E-state index < -0.39 is 19.4 Å². The van der Waals surface area contributed by atoms with Crippen LogP contribution in [0.15, 0.2) is 30.3 Å². The lowest BCUT2D eigenvalue weighted by molar-refractivity contribution is -0.0242. The molecule has 2 aromatic rings. The van der Waals surface area contributed by atoms with E-state index in [9.17, 15) is 25.5 Å². The van der Waals surface area contributed by atoms with Gasteiger partial charge in [0.05, 0.1) is 6.10 Å². The summed E-state index contributed by atoms with van der Waals surface area (Å²) in [5.74, 6) is -0.511. The quantitative estimate of drug-likeness (QED) is 0.385. The molecule has 0 bridgehead atoms. The molecule has 152 valence electrons. The van der Waals surface area contributed by atoms with Crippen LogP contribution >= 0.6 is 0 Å². The molecular formula is C21H28O6Si. The van der Waals surface area contributed by atoms with Crippen LogP contribution in [0.25, 0.3) is 0 Å². The van der Waals surface area contributed by atoms with Gasteiger partial charge in [-0.15, -0.1) is 0 Å². The number of aliphatic hydroxyl groups excluding tert-OH is 1. The van der Waals surface area contributed by atoms with E-state index in [-0.39, 0.29) is 34.5 Å². The third kappa shape index (κ3) is 2.81. The van der Waals surface area contributed by atoms with Crippen molar-refractivity contribution in [2.24, 2.45) is 0 Å². The molecule has 0 aromatic heterocycles. The fraction of sp³-hybridized carbons (Fsp3) is 0.429. The van der Waals surface area contributed by atoms with Gasteiger partial charge < -0.3 is 30.3 Å². The highest BCUT2D eigenvalue weighted by Crippen LogP contribution is 2.55. The molecule has 28 heavy (non-hydrogen) atoms. The molecule has 0 fully saturated rings. The van der Waals surface area contributed by atoms with Gasteiger partial charge in [0, 0.05) is 24.1 Å². The van der Waals surface area contributed by atoms with E-state index in [1.165, 1.54) is 24.3 Å². The first-order chi connectivity index (χ1) is 12.8. The first kappa shape index (κ1) is 20.4. The second kappa shape index (κ2) is 6.32. The number of benzene rings is 2. The Labute approximate surface area is 165 Å². The highest BCUT2D eigenvalue weighted by atomic mass is 28.3. The van der Waals surface area contributed by atoms with Gasteiger partial charge in [0.15, 0.2) is 11.5 Å². The maximum absolute atomic E-state index is 11.4. The van der Waals surface area contributed by atoms with Gasteiger partial charge in [0.2, 0.25) is 0 Å². The zero-order chi connectivity index (χ0) is 21.1. The Kier molecular flexibility index (Phi) is 4.59. The predicted molar refractivity (Wildman–Crippen MR) is 109 cm³/mol. The molecule has 0 aliphatic carbocycles. The lowest BCUT2D eigenvalue weighted by atomic mass is 9.93. The fourth-order valence-corrected chi connectivity index (χ4v) is 7.25. The minimum Gasteiger partial charge on any atom is -0.508 e. The minimum atomic E-state index is -2.53. The summed E-state index contributed by atoms with van der Waals surface area (Å²) >= 11 is 0. The molecule has 0 radical (unpaired) electrons. The molecule has 1 unspecified atom stereocenters. The van der Waals surface area contributed by atoms with Gasteiger partial charge in [-0.1, -0.05) is 39.9 Å². The maximum atomic E-state index is 11.4. The Morgan fingerprint density at radius 1 is 0.964 bits per heavy atom. The molecule has 1 aliphatic rings. The average molecular weight is 405 g/mol. The normalized spacial score (nSPS) is 22.4. The molecule has 0 spiro atoms. The van der Waals surface area contributed by atoms with Crippen LogP contribution < -0.4 is 4.74 Å². The number of phenolic OH excluding ortho intramolecular Hbond substituents is 4. The first-order valence-electron chi connectivity index (χ1n) is 9.25. The fourth-order valence-electron chi connectivity index (χ4n) is 3.96. The Hall–Kier alpha value is -2.38. The van der Waals surface area contributed by atoms with E-state index in [0.717, 1.165) is 0 Å². The average Bonchev–Trinajstić information content (AvgIpc) is 2.56. The molecule has 5 N–H and O–H groups in total. The van der Waals surface area contributed by atoms with Gasteiger partial charge in [0.1, 0.15) is 30.5 Å². The molecule has 3 rings (SSSR count). The summed E-state index contributed by atoms with van der Waals surface area (Å²) in [5.41, 5.74) is 0.984. The number of hydrogen-bond acceptors (Lipinski definition) is 6. The van der Waals surface area contributed by atoms with Crippen LogP contribution in [-0.4, -0.2) is 39.7 Å². The molecule has 1 heterocycles. The summed E-state index contributed by atoms with van der Waals surface area (Å²) in [6.45, 7) is 10.5. The van der Waals surface area contributed by atoms with Gasteiger partial charge in [-0.2, -0.15) is 0 Å². The van der Waals surface area contributed by atoms with E-state index in [1.807, 2.05) is 0 Å². The number of rotatable bonds is 2. The van der Waals surface area contributed by atoms with Gasteiger partial charge >= 0.3 is 0 Å². The lowest BCUT2D eigenvalue weighted by Gasteiger charge is -2.56. The molecule has 0 saturated carbocycles. The van der Waals surface area contributed by atoms with Crippen molar-refractivity contribution in [1.29, 1.82) is 0 Å². The zero-order valence-corrected chi connectivity index (χ0v) is 17.8. The monoisotopic (exact) mass is 404 g/mol. The third-order valence-electron chi connectivity index (χ3n) is 6.52. The Balaban J connectivity index is 2.32. The largest absolute Gasteiger partial charge is 0.508 e. The third-order valence-corrected chi connectivity index (χ3v) is 12.8. The SMILES string of the molecule is CC(C)(C)[Si](C)(C)C1(c2ccc(O)c(O)c2)Oc2cc(O)cc(O)c2C[C@H]1O. The van der Waals surface area contributed by atoms with Crippen molar-refractivity contribution >= 4 is 8.07 Å². The Bertz CT molecular complexity index is 918. The summed E-state index contributed by atoms with van der Waals surface area (Å²) in [5, 5.41) is 50.1. The Morgan fingerprint density at radius 3 is 2.18 bits per heavy atom. The molecule has 0 saturated heterocycles. The number of aliphatic hydroxyl groups is 1. The van der Waals surface area contributed by atoms with E-state index in [4.69, 9.17) is 4.74 Å². The Morgan fingerprint density at radius 2 is 1.61 bits per heavy atom. The second-order valence-electron chi connectivity index (χ2n) is 9.08. The smallest absolute Gasteiger partial charge is 0.157 e. The molecule has 2 aromatic carbocycles. The topological polar surface area (TPSA) is 110 Å². The lowest BCUT2D eigenvalue weighted by Crippen LogP contribution is -2.67. The van der Waals surface area contributed by atoms with Crippen molar-refractivity contribution in [3.63, 3.8) is 0 Å². The van der Waals surface area contributed by atoms with Crippen LogP contribution in [-0.2, 0) is 11.6 Å². The summed E-state index contributed by atoms with van der Waals surface area (Å²) in [4.78, 5) is 0. The van der Waals surface area contributed by atoms with E-state index in [2.05, 4.69) is 33.9 Å². The van der Waals surface area contributed by atoms with Crippen LogP contribution in [0.1, 0.15) is 31.9 Å². The second-order valence-corrected chi connectivity index (χ2v) is 14.6. The molecule has 0 amide bonds. The summed E-state index contributed by atoms with van der Waals surface area (Å²) in [7, 11) is -2.53. The standard InChI is InChI=1S/C21H28O6Si/c1-20(2,3)28(4,5)21(12-6-7-15(23)17(25)8-12)19(26)11-14-16(24)9-13(22)10-18(14)27-21/h6-10,19,22-26H,11H2,1-5H3/t19-,21?/m1/s1. The van der Waals surface area contributed by atoms with Crippen LogP contribution in [0.2, 0.25) is 18.1 Å². The molecule has 1 aliphatic heterocycles. The summed E-state index contributed by atoms with van der Waals surface area (Å²) < 4.78 is 6.46. The van der Waals surface area contributed by atoms with Crippen molar-refractivity contribution in [2.75, 3.05) is 0 Å². The number of fused-ring (bicyclic) bond motifs is 1. The number of ether oxygens (including phenoxy) is 1. The first-order valence-corrected chi connectivity index (χ1v) is 12.3. The highest BCUT2D eigenvalue weighted by Gasteiger charge is 2.62. The van der Waals surface area contributed by atoms with Gasteiger partial charge in [0.25, 0.3) is 0 Å².